The fourth-order valence-electron chi connectivity index (χ4n) is 3.13. The summed E-state index contributed by atoms with van der Waals surface area (Å²) in [6.07, 6.45) is -0.946. The van der Waals surface area contributed by atoms with E-state index in [1.54, 1.807) is 22.8 Å². The van der Waals surface area contributed by atoms with Crippen molar-refractivity contribution in [2.24, 2.45) is 0 Å². The highest BCUT2D eigenvalue weighted by molar-refractivity contribution is 7.89. The van der Waals surface area contributed by atoms with E-state index in [9.17, 15) is 18.3 Å². The first-order valence-electron chi connectivity index (χ1n) is 9.27. The van der Waals surface area contributed by atoms with Gasteiger partial charge in [0, 0.05) is 20.6 Å². The molecule has 0 radical (unpaired) electrons. The van der Waals surface area contributed by atoms with E-state index in [1.807, 2.05) is 25.1 Å². The summed E-state index contributed by atoms with van der Waals surface area (Å²) >= 11 is 0. The Bertz CT molecular complexity index is 1150. The summed E-state index contributed by atoms with van der Waals surface area (Å²) < 4.78 is 34.6. The third kappa shape index (κ3) is 4.21. The molecule has 1 N–H and O–H groups in total. The van der Waals surface area contributed by atoms with Crippen molar-refractivity contribution in [3.05, 3.63) is 59.0 Å². The van der Waals surface area contributed by atoms with Crippen molar-refractivity contribution in [1.82, 2.24) is 13.4 Å². The number of aromatic nitrogens is 2. The number of fused-ring (bicyclic) bond motifs is 1. The maximum Gasteiger partial charge on any atom is 0.329 e. The molecular weight excluding hydrogens is 394 g/mol. The van der Waals surface area contributed by atoms with Crippen molar-refractivity contribution >= 4 is 21.1 Å². The standard InChI is InChI=1S/C20H25N3O5S/c1-4-22-18-11-10-17(29(26,27)21(2)3)12-19(18)23(20(22)25)13-15(24)14-28-16-8-6-5-7-9-16/h5-12,15,24H,4,13-14H2,1-3H3. The van der Waals surface area contributed by atoms with Crippen LogP contribution in [0.3, 0.4) is 0 Å². The van der Waals surface area contributed by atoms with Crippen LogP contribution in [0.2, 0.25) is 0 Å². The third-order valence-corrected chi connectivity index (χ3v) is 6.48. The molecule has 156 valence electrons. The molecule has 9 heteroatoms. The van der Waals surface area contributed by atoms with Gasteiger partial charge in [-0.15, -0.1) is 0 Å². The highest BCUT2D eigenvalue weighted by atomic mass is 32.2. The first-order chi connectivity index (χ1) is 13.8. The monoisotopic (exact) mass is 419 g/mol. The van der Waals surface area contributed by atoms with Crippen LogP contribution in [0.15, 0.2) is 58.2 Å². The van der Waals surface area contributed by atoms with Crippen LogP contribution in [0.25, 0.3) is 11.0 Å². The van der Waals surface area contributed by atoms with Crippen LogP contribution in [-0.4, -0.2) is 53.8 Å². The maximum absolute atomic E-state index is 12.8. The molecule has 1 heterocycles. The largest absolute Gasteiger partial charge is 0.491 e. The van der Waals surface area contributed by atoms with Crippen molar-refractivity contribution in [3.63, 3.8) is 0 Å². The highest BCUT2D eigenvalue weighted by Crippen LogP contribution is 2.21. The van der Waals surface area contributed by atoms with E-state index in [2.05, 4.69) is 0 Å². The normalized spacial score (nSPS) is 13.1. The second-order valence-electron chi connectivity index (χ2n) is 6.85. The van der Waals surface area contributed by atoms with Crippen LogP contribution in [0, 0.1) is 0 Å². The molecule has 1 aromatic heterocycles. The summed E-state index contributed by atoms with van der Waals surface area (Å²) in [6, 6.07) is 13.7. The zero-order chi connectivity index (χ0) is 21.2. The Labute approximate surface area is 169 Å². The number of hydrogen-bond donors (Lipinski definition) is 1. The molecule has 0 fully saturated rings. The van der Waals surface area contributed by atoms with Gasteiger partial charge in [-0.2, -0.15) is 0 Å². The number of hydrogen-bond acceptors (Lipinski definition) is 5. The van der Waals surface area contributed by atoms with Crippen LogP contribution in [0.1, 0.15) is 6.92 Å². The van der Waals surface area contributed by atoms with Gasteiger partial charge in [0.1, 0.15) is 18.5 Å². The molecule has 1 unspecified atom stereocenters. The fourth-order valence-corrected chi connectivity index (χ4v) is 4.05. The second-order valence-corrected chi connectivity index (χ2v) is 9.01. The summed E-state index contributed by atoms with van der Waals surface area (Å²) in [5, 5.41) is 10.4. The molecule has 0 aliphatic carbocycles. The van der Waals surface area contributed by atoms with E-state index in [-0.39, 0.29) is 23.7 Å². The van der Waals surface area contributed by atoms with Gasteiger partial charge in [0.15, 0.2) is 0 Å². The van der Waals surface area contributed by atoms with Crippen molar-refractivity contribution < 1.29 is 18.3 Å². The zero-order valence-electron chi connectivity index (χ0n) is 16.6. The van der Waals surface area contributed by atoms with Crippen molar-refractivity contribution in [1.29, 1.82) is 0 Å². The van der Waals surface area contributed by atoms with Crippen molar-refractivity contribution in [2.75, 3.05) is 20.7 Å². The lowest BCUT2D eigenvalue weighted by molar-refractivity contribution is 0.0924. The van der Waals surface area contributed by atoms with Gasteiger partial charge < -0.3 is 9.84 Å². The minimum atomic E-state index is -3.65. The quantitative estimate of drug-likeness (QED) is 0.597. The van der Waals surface area contributed by atoms with E-state index in [0.29, 0.717) is 23.3 Å². The van der Waals surface area contributed by atoms with Crippen molar-refractivity contribution in [3.8, 4) is 5.75 Å². The number of aliphatic hydroxyl groups excluding tert-OH is 1. The van der Waals surface area contributed by atoms with Crippen molar-refractivity contribution in [2.45, 2.75) is 31.0 Å². The van der Waals surface area contributed by atoms with Crippen LogP contribution in [0.5, 0.6) is 5.75 Å². The molecule has 0 spiro atoms. The molecule has 3 aromatic rings. The Kier molecular flexibility index (Phi) is 6.11. The Morgan fingerprint density at radius 3 is 2.38 bits per heavy atom. The minimum absolute atomic E-state index is 0.00490. The Balaban J connectivity index is 1.95. The molecule has 0 aliphatic heterocycles. The van der Waals surface area contributed by atoms with Gasteiger partial charge in [-0.25, -0.2) is 17.5 Å². The number of sulfonamides is 1. The summed E-state index contributed by atoms with van der Waals surface area (Å²) in [6.45, 7) is 2.26. The topological polar surface area (TPSA) is 93.8 Å². The Morgan fingerprint density at radius 2 is 1.76 bits per heavy atom. The predicted molar refractivity (Wildman–Crippen MR) is 111 cm³/mol. The number of rotatable bonds is 8. The average Bonchev–Trinajstić information content (AvgIpc) is 2.97. The Hall–Kier alpha value is -2.62. The van der Waals surface area contributed by atoms with E-state index in [1.165, 1.54) is 30.8 Å². The number of nitrogens with zero attached hydrogens (tertiary/aromatic N) is 3. The Morgan fingerprint density at radius 1 is 1.07 bits per heavy atom. The van der Waals surface area contributed by atoms with E-state index in [4.69, 9.17) is 4.74 Å². The molecule has 0 aliphatic rings. The lowest BCUT2D eigenvalue weighted by Gasteiger charge is -2.14. The first kappa shape index (κ1) is 21.1. The average molecular weight is 420 g/mol. The SMILES string of the molecule is CCn1c(=O)n(CC(O)COc2ccccc2)c2cc(S(=O)(=O)N(C)C)ccc21. The second kappa shape index (κ2) is 8.40. The number of aryl methyl sites for hydroxylation is 1. The first-order valence-corrected chi connectivity index (χ1v) is 10.7. The molecule has 1 atom stereocenters. The molecule has 2 aromatic carbocycles. The van der Waals surface area contributed by atoms with E-state index in [0.717, 1.165) is 4.31 Å². The maximum atomic E-state index is 12.8. The molecule has 0 saturated heterocycles. The van der Waals surface area contributed by atoms with Crippen LogP contribution in [0.4, 0.5) is 0 Å². The molecule has 3 rings (SSSR count). The summed E-state index contributed by atoms with van der Waals surface area (Å²) in [5.41, 5.74) is 0.769. The highest BCUT2D eigenvalue weighted by Gasteiger charge is 2.21. The van der Waals surface area contributed by atoms with Crippen LogP contribution >= 0.6 is 0 Å². The lowest BCUT2D eigenvalue weighted by Crippen LogP contribution is -2.31. The van der Waals surface area contributed by atoms with Crippen LogP contribution < -0.4 is 10.4 Å². The van der Waals surface area contributed by atoms with Gasteiger partial charge in [-0.1, -0.05) is 18.2 Å². The zero-order valence-corrected chi connectivity index (χ0v) is 17.5. The van der Waals surface area contributed by atoms with Gasteiger partial charge in [0.05, 0.1) is 22.5 Å². The molecule has 8 nitrogen and oxygen atoms in total. The van der Waals surface area contributed by atoms with Crippen LogP contribution in [-0.2, 0) is 23.1 Å². The van der Waals surface area contributed by atoms with Gasteiger partial charge in [0.2, 0.25) is 10.0 Å². The molecule has 0 saturated carbocycles. The van der Waals surface area contributed by atoms with Gasteiger partial charge >= 0.3 is 5.69 Å². The third-order valence-electron chi connectivity index (χ3n) is 4.66. The predicted octanol–water partition coefficient (Wildman–Crippen LogP) is 1.51. The number of imidazole rings is 1. The number of ether oxygens (including phenoxy) is 1. The van der Waals surface area contributed by atoms with E-state index >= 15 is 0 Å². The number of para-hydroxylation sites is 1. The van der Waals surface area contributed by atoms with Gasteiger partial charge in [-0.05, 0) is 37.3 Å². The smallest absolute Gasteiger partial charge is 0.329 e. The lowest BCUT2D eigenvalue weighted by atomic mass is 10.3. The fraction of sp³-hybridized carbons (Fsp3) is 0.350. The van der Waals surface area contributed by atoms with Gasteiger partial charge in [-0.3, -0.25) is 9.13 Å². The number of benzene rings is 2. The molecule has 0 bridgehead atoms. The summed E-state index contributed by atoms with van der Waals surface area (Å²) in [5.74, 6) is 0.620. The number of aliphatic hydroxyl groups is 1. The minimum Gasteiger partial charge on any atom is -0.491 e. The molecular formula is C20H25N3O5S. The molecule has 29 heavy (non-hydrogen) atoms. The summed E-state index contributed by atoms with van der Waals surface area (Å²) in [7, 11) is -0.743. The molecule has 0 amide bonds. The van der Waals surface area contributed by atoms with E-state index < -0.39 is 16.1 Å². The van der Waals surface area contributed by atoms with Gasteiger partial charge in [0.25, 0.3) is 0 Å². The summed E-state index contributed by atoms with van der Waals surface area (Å²) in [4.78, 5) is 12.9.